The molecule has 1 aliphatic carbocycles. The van der Waals surface area contributed by atoms with E-state index in [1.165, 1.54) is 12.7 Å². The van der Waals surface area contributed by atoms with E-state index in [4.69, 9.17) is 18.4 Å². The highest BCUT2D eigenvalue weighted by Gasteiger charge is 2.67. The van der Waals surface area contributed by atoms with Gasteiger partial charge in [0, 0.05) is 31.3 Å². The summed E-state index contributed by atoms with van der Waals surface area (Å²) >= 11 is 0. The van der Waals surface area contributed by atoms with Crippen molar-refractivity contribution < 1.29 is 23.2 Å². The molecule has 0 radical (unpaired) electrons. The number of nitrogens with zero attached hydrogens (tertiary/aromatic N) is 1. The molecule has 1 aromatic carbocycles. The van der Waals surface area contributed by atoms with Gasteiger partial charge in [0.25, 0.3) is 0 Å². The van der Waals surface area contributed by atoms with E-state index >= 15 is 0 Å². The Morgan fingerprint density at radius 3 is 2.19 bits per heavy atom. The highest BCUT2D eigenvalue weighted by atomic mass is 32.3. The van der Waals surface area contributed by atoms with Crippen LogP contribution in [0.1, 0.15) is 59.9 Å². The minimum Gasteiger partial charge on any atom is -0.468 e. The van der Waals surface area contributed by atoms with Crippen LogP contribution in [0.2, 0.25) is 0 Å². The smallest absolute Gasteiger partial charge is 0.316 e. The normalized spacial score (nSPS) is 28.2. The standard InChI is InChI=1S/C30H51NO5S/c1-9-37(10-2,11-3)36-26-28(6,19-25-15-13-12-14-16-25)21-30(34-17-18-35-30)22-29(26,27(32)33-8)23-31(7)20-24(4)5/h12-16,24,26H,9-11,17-23H2,1-8H3. The molecule has 0 aromatic heterocycles. The van der Waals surface area contributed by atoms with E-state index in [2.05, 4.69) is 77.8 Å². The summed E-state index contributed by atoms with van der Waals surface area (Å²) in [7, 11) is 2.23. The molecule has 0 amide bonds. The van der Waals surface area contributed by atoms with Crippen molar-refractivity contribution in [3.05, 3.63) is 35.9 Å². The number of carbonyl (C=O) groups excluding carboxylic acids is 1. The highest BCUT2D eigenvalue weighted by Crippen LogP contribution is 2.62. The third-order valence-corrected chi connectivity index (χ3v) is 12.1. The Labute approximate surface area is 227 Å². The maximum Gasteiger partial charge on any atom is 0.316 e. The monoisotopic (exact) mass is 537 g/mol. The van der Waals surface area contributed by atoms with Gasteiger partial charge >= 0.3 is 5.97 Å². The van der Waals surface area contributed by atoms with E-state index < -0.39 is 26.9 Å². The molecule has 1 saturated carbocycles. The molecule has 3 unspecified atom stereocenters. The van der Waals surface area contributed by atoms with E-state index in [1.54, 1.807) is 0 Å². The Bertz CT molecular complexity index is 862. The molecule has 3 atom stereocenters. The second-order valence-electron chi connectivity index (χ2n) is 11.8. The van der Waals surface area contributed by atoms with Crippen molar-refractivity contribution in [3.63, 3.8) is 0 Å². The molecule has 212 valence electrons. The Morgan fingerprint density at radius 1 is 1.08 bits per heavy atom. The lowest BCUT2D eigenvalue weighted by atomic mass is 9.56. The zero-order chi connectivity index (χ0) is 27.3. The summed E-state index contributed by atoms with van der Waals surface area (Å²) in [4.78, 5) is 16.4. The van der Waals surface area contributed by atoms with E-state index in [-0.39, 0.29) is 12.1 Å². The summed E-state index contributed by atoms with van der Waals surface area (Å²) in [5.41, 5.74) is -0.107. The van der Waals surface area contributed by atoms with Crippen molar-refractivity contribution >= 4 is 16.3 Å². The average Bonchev–Trinajstić information content (AvgIpc) is 3.30. The van der Waals surface area contributed by atoms with Gasteiger partial charge in [-0.15, -0.1) is 10.3 Å². The molecule has 1 aromatic rings. The summed E-state index contributed by atoms with van der Waals surface area (Å²) in [6.45, 7) is 15.9. The molecule has 2 aliphatic rings. The summed E-state index contributed by atoms with van der Waals surface area (Å²) in [5.74, 6) is 2.33. The summed E-state index contributed by atoms with van der Waals surface area (Å²) in [5, 5.41) is 0. The predicted octanol–water partition coefficient (Wildman–Crippen LogP) is 5.68. The quantitative estimate of drug-likeness (QED) is 0.320. The van der Waals surface area contributed by atoms with Crippen LogP contribution in [0.4, 0.5) is 0 Å². The number of hydrogen-bond acceptors (Lipinski definition) is 6. The minimum absolute atomic E-state index is 0.220. The fraction of sp³-hybridized carbons (Fsp3) is 0.767. The van der Waals surface area contributed by atoms with Crippen molar-refractivity contribution in [2.24, 2.45) is 16.7 Å². The van der Waals surface area contributed by atoms with E-state index in [0.29, 0.717) is 38.5 Å². The van der Waals surface area contributed by atoms with Gasteiger partial charge in [0.2, 0.25) is 0 Å². The molecule has 1 spiro atoms. The molecular weight excluding hydrogens is 486 g/mol. The first-order valence-corrected chi connectivity index (χ1v) is 16.1. The number of benzene rings is 1. The molecule has 3 rings (SSSR count). The van der Waals surface area contributed by atoms with Crippen LogP contribution < -0.4 is 0 Å². The number of hydrogen-bond donors (Lipinski definition) is 0. The van der Waals surface area contributed by atoms with Crippen molar-refractivity contribution in [2.75, 3.05) is 57.7 Å². The fourth-order valence-electron chi connectivity index (χ4n) is 6.91. The lowest BCUT2D eigenvalue weighted by Gasteiger charge is -2.59. The summed E-state index contributed by atoms with van der Waals surface area (Å²) < 4.78 is 25.8. The number of methoxy groups -OCH3 is 1. The summed E-state index contributed by atoms with van der Waals surface area (Å²) in [6, 6.07) is 10.6. The third-order valence-electron chi connectivity index (χ3n) is 8.36. The molecule has 1 saturated heterocycles. The maximum absolute atomic E-state index is 14.1. The first kappa shape index (κ1) is 30.4. The number of carbonyl (C=O) groups is 1. The molecular formula is C30H51NO5S. The Morgan fingerprint density at radius 2 is 1.68 bits per heavy atom. The van der Waals surface area contributed by atoms with Gasteiger partial charge < -0.3 is 23.3 Å². The number of ether oxygens (including phenoxy) is 3. The van der Waals surface area contributed by atoms with Gasteiger partial charge in [-0.05, 0) is 42.2 Å². The molecule has 37 heavy (non-hydrogen) atoms. The van der Waals surface area contributed by atoms with Crippen LogP contribution in [-0.2, 0) is 29.6 Å². The molecule has 1 aliphatic heterocycles. The van der Waals surface area contributed by atoms with Gasteiger partial charge in [-0.25, -0.2) is 0 Å². The predicted molar refractivity (Wildman–Crippen MR) is 153 cm³/mol. The first-order chi connectivity index (χ1) is 17.5. The van der Waals surface area contributed by atoms with Gasteiger partial charge in [-0.2, -0.15) is 0 Å². The number of rotatable bonds is 12. The lowest BCUT2D eigenvalue weighted by Crippen LogP contribution is -2.66. The second-order valence-corrected chi connectivity index (χ2v) is 15.7. The van der Waals surface area contributed by atoms with Crippen molar-refractivity contribution in [2.45, 2.75) is 72.7 Å². The van der Waals surface area contributed by atoms with Crippen LogP contribution in [0.3, 0.4) is 0 Å². The maximum atomic E-state index is 14.1. The molecule has 7 heteroatoms. The van der Waals surface area contributed by atoms with Crippen LogP contribution >= 0.6 is 10.3 Å². The zero-order valence-corrected chi connectivity index (χ0v) is 25.3. The van der Waals surface area contributed by atoms with Crippen molar-refractivity contribution in [1.82, 2.24) is 4.90 Å². The van der Waals surface area contributed by atoms with Gasteiger partial charge in [0.1, 0.15) is 5.41 Å². The lowest BCUT2D eigenvalue weighted by molar-refractivity contribution is -0.260. The van der Waals surface area contributed by atoms with Crippen LogP contribution in [-0.4, -0.2) is 80.5 Å². The van der Waals surface area contributed by atoms with Gasteiger partial charge in [-0.3, -0.25) is 4.79 Å². The molecule has 1 heterocycles. The van der Waals surface area contributed by atoms with E-state index in [0.717, 1.165) is 30.2 Å². The van der Waals surface area contributed by atoms with Gasteiger partial charge in [-0.1, -0.05) is 71.9 Å². The average molecular weight is 538 g/mol. The van der Waals surface area contributed by atoms with Gasteiger partial charge in [0.05, 0.1) is 26.4 Å². The van der Waals surface area contributed by atoms with E-state index in [9.17, 15) is 4.79 Å². The Hall–Kier alpha value is -1.12. The first-order valence-electron chi connectivity index (χ1n) is 14.0. The Balaban J connectivity index is 2.22. The van der Waals surface area contributed by atoms with Crippen LogP contribution in [0.5, 0.6) is 0 Å². The highest BCUT2D eigenvalue weighted by molar-refractivity contribution is 8.29. The molecule has 0 bridgehead atoms. The second kappa shape index (κ2) is 12.4. The van der Waals surface area contributed by atoms with Crippen molar-refractivity contribution in [1.29, 1.82) is 0 Å². The van der Waals surface area contributed by atoms with Crippen LogP contribution in [0.25, 0.3) is 0 Å². The van der Waals surface area contributed by atoms with Crippen LogP contribution in [0, 0.1) is 16.7 Å². The minimum atomic E-state index is -1.39. The SMILES string of the molecule is CCS(CC)(CC)OC1C(C)(Cc2ccccc2)CC2(CC1(CN(C)CC(C)C)C(=O)OC)OCCO2. The molecule has 0 N–H and O–H groups in total. The largest absolute Gasteiger partial charge is 0.468 e. The topological polar surface area (TPSA) is 57.2 Å². The van der Waals surface area contributed by atoms with Crippen LogP contribution in [0.15, 0.2) is 30.3 Å². The summed E-state index contributed by atoms with van der Waals surface area (Å²) in [6.07, 6.45) is 1.55. The zero-order valence-electron chi connectivity index (χ0n) is 24.5. The van der Waals surface area contributed by atoms with Gasteiger partial charge in [0.15, 0.2) is 5.79 Å². The molecule has 2 fully saturated rings. The molecule has 6 nitrogen and oxygen atoms in total. The van der Waals surface area contributed by atoms with E-state index in [1.807, 2.05) is 6.07 Å². The Kier molecular flexibility index (Phi) is 10.2. The number of esters is 1. The fourth-order valence-corrected chi connectivity index (χ4v) is 9.37. The van der Waals surface area contributed by atoms with Crippen molar-refractivity contribution in [3.8, 4) is 0 Å². The third kappa shape index (κ3) is 6.55.